The van der Waals surface area contributed by atoms with E-state index >= 15 is 0 Å². The van der Waals surface area contributed by atoms with E-state index in [4.69, 9.17) is 4.74 Å². The van der Waals surface area contributed by atoms with Crippen LogP contribution in [-0.4, -0.2) is 59.7 Å². The molecule has 0 atom stereocenters. The second kappa shape index (κ2) is 11.1. The van der Waals surface area contributed by atoms with Crippen LogP contribution < -0.4 is 0 Å². The van der Waals surface area contributed by atoms with Gasteiger partial charge in [0, 0.05) is 45.1 Å². The van der Waals surface area contributed by atoms with E-state index in [0.717, 1.165) is 62.6 Å². The summed E-state index contributed by atoms with van der Waals surface area (Å²) in [5.41, 5.74) is 3.21. The lowest BCUT2D eigenvalue weighted by Gasteiger charge is -2.30. The smallest absolute Gasteiger partial charge is 0.234 e. The monoisotopic (exact) mass is 431 g/mol. The van der Waals surface area contributed by atoms with Crippen LogP contribution in [0.15, 0.2) is 79.0 Å². The van der Waals surface area contributed by atoms with Crippen molar-refractivity contribution < 1.29 is 9.53 Å². The van der Waals surface area contributed by atoms with Gasteiger partial charge in [0.2, 0.25) is 5.91 Å². The molecular formula is C27H33N3O2. The Morgan fingerprint density at radius 3 is 2.12 bits per heavy atom. The molecule has 1 aliphatic rings. The molecule has 3 aromatic rings. The molecular weight excluding hydrogens is 398 g/mol. The first-order valence-corrected chi connectivity index (χ1v) is 11.5. The van der Waals surface area contributed by atoms with Gasteiger partial charge in [0.1, 0.15) is 0 Å². The summed E-state index contributed by atoms with van der Waals surface area (Å²) in [4.78, 5) is 18.5. The van der Waals surface area contributed by atoms with Crippen LogP contribution in [0.2, 0.25) is 0 Å². The molecule has 1 aliphatic heterocycles. The molecule has 1 saturated heterocycles. The molecule has 0 radical (unpaired) electrons. The molecule has 168 valence electrons. The molecule has 0 unspecified atom stereocenters. The Morgan fingerprint density at radius 2 is 1.56 bits per heavy atom. The molecule has 5 heteroatoms. The molecule has 0 N–H and O–H groups in total. The Kier molecular flexibility index (Phi) is 7.75. The van der Waals surface area contributed by atoms with Gasteiger partial charge in [0.15, 0.2) is 0 Å². The number of amides is 1. The first-order valence-electron chi connectivity index (χ1n) is 11.5. The van der Waals surface area contributed by atoms with E-state index in [1.54, 1.807) is 0 Å². The molecule has 2 heterocycles. The van der Waals surface area contributed by atoms with Gasteiger partial charge in [0.25, 0.3) is 0 Å². The van der Waals surface area contributed by atoms with Crippen LogP contribution in [0.5, 0.6) is 0 Å². The molecule has 0 bridgehead atoms. The predicted molar refractivity (Wildman–Crippen MR) is 127 cm³/mol. The van der Waals surface area contributed by atoms with Crippen LogP contribution in [0, 0.1) is 0 Å². The fourth-order valence-electron chi connectivity index (χ4n) is 4.38. The maximum Gasteiger partial charge on any atom is 0.234 e. The summed E-state index contributed by atoms with van der Waals surface area (Å²) < 4.78 is 7.57. The number of aryl methyl sites for hydroxylation is 1. The maximum absolute atomic E-state index is 14.0. The molecule has 32 heavy (non-hydrogen) atoms. The number of aromatic nitrogens is 1. The molecule has 2 aromatic carbocycles. The van der Waals surface area contributed by atoms with E-state index in [0.29, 0.717) is 6.54 Å². The third kappa shape index (κ3) is 5.67. The van der Waals surface area contributed by atoms with Gasteiger partial charge in [-0.05, 0) is 29.7 Å². The summed E-state index contributed by atoms with van der Waals surface area (Å²) in [6.07, 6.45) is 2.99. The quantitative estimate of drug-likeness (QED) is 0.516. The lowest BCUT2D eigenvalue weighted by molar-refractivity contribution is -0.132. The summed E-state index contributed by atoms with van der Waals surface area (Å²) in [7, 11) is 2.04. The third-order valence-electron chi connectivity index (χ3n) is 6.23. The van der Waals surface area contributed by atoms with Gasteiger partial charge in [-0.3, -0.25) is 9.69 Å². The second-order valence-corrected chi connectivity index (χ2v) is 8.43. The van der Waals surface area contributed by atoms with Crippen LogP contribution in [0.3, 0.4) is 0 Å². The van der Waals surface area contributed by atoms with Gasteiger partial charge < -0.3 is 14.2 Å². The maximum atomic E-state index is 14.0. The zero-order chi connectivity index (χ0) is 22.2. The fraction of sp³-hybridized carbons (Fsp3) is 0.370. The minimum Gasteiger partial charge on any atom is -0.379 e. The molecule has 4 rings (SSSR count). The van der Waals surface area contributed by atoms with Gasteiger partial charge in [-0.25, -0.2) is 0 Å². The standard InChI is InChI=1S/C27H33N3O2/c1-28-15-8-14-25(28)22-30(17-9-16-29-18-20-32-21-19-29)27(31)26(23-10-4-2-5-11-23)24-12-6-3-7-13-24/h2-8,10-15,26H,9,16-22H2,1H3. The number of carbonyl (C=O) groups excluding carboxylic acids is 1. The number of morpholine rings is 1. The van der Waals surface area contributed by atoms with Gasteiger partial charge in [-0.2, -0.15) is 0 Å². The van der Waals surface area contributed by atoms with Crippen molar-refractivity contribution in [2.75, 3.05) is 39.4 Å². The lowest BCUT2D eigenvalue weighted by Crippen LogP contribution is -2.40. The molecule has 5 nitrogen and oxygen atoms in total. The molecule has 0 spiro atoms. The number of ether oxygens (including phenoxy) is 1. The van der Waals surface area contributed by atoms with Crippen molar-refractivity contribution >= 4 is 5.91 Å². The number of nitrogens with zero attached hydrogens (tertiary/aromatic N) is 3. The Morgan fingerprint density at radius 1 is 0.938 bits per heavy atom. The van der Waals surface area contributed by atoms with Gasteiger partial charge in [0.05, 0.1) is 25.7 Å². The summed E-state index contributed by atoms with van der Waals surface area (Å²) in [6.45, 7) is 5.89. The first-order chi connectivity index (χ1) is 15.7. The van der Waals surface area contributed by atoms with E-state index in [1.165, 1.54) is 0 Å². The largest absolute Gasteiger partial charge is 0.379 e. The van der Waals surface area contributed by atoms with E-state index in [2.05, 4.69) is 39.8 Å². The van der Waals surface area contributed by atoms with Crippen LogP contribution in [0.25, 0.3) is 0 Å². The Labute approximate surface area is 191 Å². The van der Waals surface area contributed by atoms with E-state index in [1.807, 2.05) is 60.6 Å². The Bertz CT molecular complexity index is 925. The highest BCUT2D eigenvalue weighted by molar-refractivity contribution is 5.87. The highest BCUT2D eigenvalue weighted by Gasteiger charge is 2.28. The highest BCUT2D eigenvalue weighted by Crippen LogP contribution is 2.27. The van der Waals surface area contributed by atoms with Crippen molar-refractivity contribution in [2.45, 2.75) is 18.9 Å². The van der Waals surface area contributed by atoms with Crippen molar-refractivity contribution in [3.63, 3.8) is 0 Å². The number of hydrogen-bond donors (Lipinski definition) is 0. The predicted octanol–water partition coefficient (Wildman–Crippen LogP) is 3.91. The molecule has 1 aromatic heterocycles. The summed E-state index contributed by atoms with van der Waals surface area (Å²) in [5.74, 6) is -0.147. The molecule has 0 saturated carbocycles. The van der Waals surface area contributed by atoms with E-state index in [-0.39, 0.29) is 11.8 Å². The van der Waals surface area contributed by atoms with Crippen LogP contribution in [-0.2, 0) is 23.1 Å². The fourth-order valence-corrected chi connectivity index (χ4v) is 4.38. The molecule has 1 fully saturated rings. The van der Waals surface area contributed by atoms with E-state index in [9.17, 15) is 4.79 Å². The first kappa shape index (κ1) is 22.3. The SMILES string of the molecule is Cn1cccc1CN(CCCN1CCOCC1)C(=O)C(c1ccccc1)c1ccccc1. The van der Waals surface area contributed by atoms with Crippen molar-refractivity contribution in [2.24, 2.45) is 7.05 Å². The van der Waals surface area contributed by atoms with Crippen LogP contribution in [0.4, 0.5) is 0 Å². The van der Waals surface area contributed by atoms with Crippen molar-refractivity contribution in [3.8, 4) is 0 Å². The lowest BCUT2D eigenvalue weighted by atomic mass is 9.90. The van der Waals surface area contributed by atoms with Gasteiger partial charge >= 0.3 is 0 Å². The van der Waals surface area contributed by atoms with Crippen molar-refractivity contribution in [1.29, 1.82) is 0 Å². The Hall–Kier alpha value is -2.89. The summed E-state index contributed by atoms with van der Waals surface area (Å²) in [6, 6.07) is 24.4. The third-order valence-corrected chi connectivity index (χ3v) is 6.23. The average Bonchev–Trinajstić information content (AvgIpc) is 3.25. The second-order valence-electron chi connectivity index (χ2n) is 8.43. The zero-order valence-electron chi connectivity index (χ0n) is 18.9. The zero-order valence-corrected chi connectivity index (χ0v) is 18.9. The van der Waals surface area contributed by atoms with E-state index < -0.39 is 0 Å². The van der Waals surface area contributed by atoms with Crippen LogP contribution in [0.1, 0.15) is 29.2 Å². The molecule has 0 aliphatic carbocycles. The Balaban J connectivity index is 1.56. The molecule has 1 amide bonds. The van der Waals surface area contributed by atoms with Crippen molar-refractivity contribution in [1.82, 2.24) is 14.4 Å². The number of benzene rings is 2. The number of carbonyl (C=O) groups is 1. The summed E-state index contributed by atoms with van der Waals surface area (Å²) in [5, 5.41) is 0. The normalized spacial score (nSPS) is 14.6. The highest BCUT2D eigenvalue weighted by atomic mass is 16.5. The number of hydrogen-bond acceptors (Lipinski definition) is 3. The van der Waals surface area contributed by atoms with Gasteiger partial charge in [-0.1, -0.05) is 60.7 Å². The minimum atomic E-state index is -0.305. The van der Waals surface area contributed by atoms with Gasteiger partial charge in [-0.15, -0.1) is 0 Å². The van der Waals surface area contributed by atoms with Crippen molar-refractivity contribution in [3.05, 3.63) is 95.8 Å². The minimum absolute atomic E-state index is 0.158. The topological polar surface area (TPSA) is 37.7 Å². The van der Waals surface area contributed by atoms with Crippen LogP contribution >= 0.6 is 0 Å². The summed E-state index contributed by atoms with van der Waals surface area (Å²) >= 11 is 0. The average molecular weight is 432 g/mol. The number of rotatable bonds is 9.